The highest BCUT2D eigenvalue weighted by atomic mass is 32.2. The first kappa shape index (κ1) is 48.5. The first-order valence-electron chi connectivity index (χ1n) is 20.0. The Balaban J connectivity index is 0.00000900. The molecule has 0 aromatic heterocycles. The number of methoxy groups -OCH3 is 1. The molecule has 0 saturated heterocycles. The maximum absolute atomic E-state index is 12.3. The van der Waals surface area contributed by atoms with E-state index in [2.05, 4.69) is 68.4 Å². The lowest BCUT2D eigenvalue weighted by atomic mass is 9.78. The molecule has 58 heavy (non-hydrogen) atoms. The van der Waals surface area contributed by atoms with Gasteiger partial charge in [-0.1, -0.05) is 40.7 Å². The summed E-state index contributed by atoms with van der Waals surface area (Å²) in [7, 11) is -3.10. The molecule has 0 spiro atoms. The van der Waals surface area contributed by atoms with E-state index in [1.807, 2.05) is 25.2 Å². The molecule has 4 rings (SSSR count). The van der Waals surface area contributed by atoms with E-state index in [4.69, 9.17) is 23.4 Å². The molecule has 0 radical (unpaired) electrons. The third-order valence-electron chi connectivity index (χ3n) is 10.4. The average molecular weight is 827 g/mol. The zero-order valence-electron chi connectivity index (χ0n) is 34.8. The number of fused-ring (bicyclic) bond motifs is 2. The number of allylic oxidation sites excluding steroid dienone is 3. The van der Waals surface area contributed by atoms with Crippen molar-refractivity contribution >= 4 is 27.9 Å². The molecule has 2 aliphatic heterocycles. The molecule has 1 unspecified atom stereocenters. The second-order valence-electron chi connectivity index (χ2n) is 15.5. The molecule has 3 aliphatic rings. The summed E-state index contributed by atoms with van der Waals surface area (Å²) in [5.74, 6) is 0.655. The molecule has 1 aromatic rings. The molecule has 0 bridgehead atoms. The number of ether oxygens (including phenoxy) is 4. The van der Waals surface area contributed by atoms with Crippen LogP contribution in [0.25, 0.3) is 17.4 Å². The summed E-state index contributed by atoms with van der Waals surface area (Å²) in [5, 5.41) is 10.3. The van der Waals surface area contributed by atoms with Gasteiger partial charge in [-0.3, -0.25) is 4.79 Å². The molecule has 1 atom stereocenters. The number of hydrogen-bond acceptors (Lipinski definition) is 10. The fourth-order valence-corrected chi connectivity index (χ4v) is 7.79. The van der Waals surface area contributed by atoms with Gasteiger partial charge in [-0.05, 0) is 99.1 Å². The molecule has 0 amide bonds. The highest BCUT2D eigenvalue weighted by Crippen LogP contribution is 2.51. The molecule has 1 aliphatic carbocycles. The number of carboxylic acid groups (broad SMARTS) is 1. The Labute approximate surface area is 346 Å². The van der Waals surface area contributed by atoms with Gasteiger partial charge in [0.05, 0.1) is 50.6 Å². The number of benzene rings is 2. The Hall–Kier alpha value is -3.85. The summed E-state index contributed by atoms with van der Waals surface area (Å²) in [6.45, 7) is 18.2. The van der Waals surface area contributed by atoms with Gasteiger partial charge in [0.25, 0.3) is 0 Å². The number of nitrogens with zero attached hydrogens (tertiary/aromatic N) is 2. The van der Waals surface area contributed by atoms with E-state index in [1.54, 1.807) is 13.2 Å². The van der Waals surface area contributed by atoms with Crippen LogP contribution in [0.4, 0.5) is 5.69 Å². The predicted octanol–water partition coefficient (Wildman–Crippen LogP) is 7.44. The fraction of sp³-hybridized carbons (Fsp3) is 0.556. The van der Waals surface area contributed by atoms with Gasteiger partial charge in [-0.2, -0.15) is 0 Å². The van der Waals surface area contributed by atoms with Crippen LogP contribution in [-0.2, 0) is 44.7 Å². The van der Waals surface area contributed by atoms with Crippen LogP contribution in [0.1, 0.15) is 98.0 Å². The molecule has 2 heterocycles. The van der Waals surface area contributed by atoms with Crippen LogP contribution in [0.2, 0.25) is 0 Å². The van der Waals surface area contributed by atoms with Gasteiger partial charge in [0.15, 0.2) is 0 Å². The van der Waals surface area contributed by atoms with Crippen LogP contribution in [-0.4, -0.2) is 97.0 Å². The summed E-state index contributed by atoms with van der Waals surface area (Å²) < 4.78 is 67.7. The smallest absolute Gasteiger partial charge is 0.303 e. The molecular weight excluding hydrogens is 761 g/mol. The second-order valence-corrected chi connectivity index (χ2v) is 16.9. The van der Waals surface area contributed by atoms with Crippen LogP contribution in [0, 0.1) is 0 Å². The summed E-state index contributed by atoms with van der Waals surface area (Å²) >= 11 is 0. The van der Waals surface area contributed by atoms with Crippen LogP contribution in [0.3, 0.4) is 0 Å². The van der Waals surface area contributed by atoms with E-state index >= 15 is 0 Å². The van der Waals surface area contributed by atoms with Crippen LogP contribution >= 0.6 is 0 Å². The van der Waals surface area contributed by atoms with Crippen LogP contribution in [0.5, 0.6) is 0 Å². The van der Waals surface area contributed by atoms with Gasteiger partial charge in [-0.25, -0.2) is 13.0 Å². The molecule has 13 heteroatoms. The van der Waals surface area contributed by atoms with Crippen molar-refractivity contribution in [3.63, 3.8) is 0 Å². The Morgan fingerprint density at radius 3 is 2.19 bits per heavy atom. The van der Waals surface area contributed by atoms with Crippen molar-refractivity contribution in [2.24, 2.45) is 0 Å². The lowest BCUT2D eigenvalue weighted by molar-refractivity contribution is -0.137. The molecule has 1 N–H and O–H groups in total. The van der Waals surface area contributed by atoms with E-state index in [1.165, 1.54) is 12.1 Å². The molecule has 0 saturated carbocycles. The number of hydrogen-bond donors (Lipinski definition) is 1. The van der Waals surface area contributed by atoms with Gasteiger partial charge in [0.2, 0.25) is 5.36 Å². The minimum Gasteiger partial charge on any atom is -0.744 e. The normalized spacial score (nSPS) is 16.3. The Bertz CT molecular complexity index is 1990. The monoisotopic (exact) mass is 826 g/mol. The van der Waals surface area contributed by atoms with Crippen molar-refractivity contribution in [1.29, 1.82) is 0 Å². The van der Waals surface area contributed by atoms with Crippen molar-refractivity contribution in [3.8, 4) is 11.3 Å². The first-order chi connectivity index (χ1) is 27.1. The van der Waals surface area contributed by atoms with Gasteiger partial charge in [0, 0.05) is 55.1 Å². The van der Waals surface area contributed by atoms with Crippen molar-refractivity contribution in [2.75, 3.05) is 77.9 Å². The highest BCUT2D eigenvalue weighted by molar-refractivity contribution is 7.85. The predicted molar refractivity (Wildman–Crippen MR) is 228 cm³/mol. The quantitative estimate of drug-likeness (QED) is 0.0577. The summed E-state index contributed by atoms with van der Waals surface area (Å²) in [6, 6.07) is 13.0. The van der Waals surface area contributed by atoms with Gasteiger partial charge in [0.1, 0.15) is 34.7 Å². The summed E-state index contributed by atoms with van der Waals surface area (Å²) in [6.07, 6.45) is 8.46. The fourth-order valence-electron chi connectivity index (χ4n) is 7.29. The summed E-state index contributed by atoms with van der Waals surface area (Å²) in [4.78, 5) is 13.1. The Morgan fingerprint density at radius 1 is 0.931 bits per heavy atom. The third-order valence-corrected chi connectivity index (χ3v) is 11.2. The standard InChI is InChI=1S/C44H62N2O10S.CH4/c1-8-45(9-2)33-17-19-36-37(43(3,4)5)31-34(56-40(36)30-33)14-13-15-41-44(6,21-23-53-26-27-55-29-28-54-25-24-52-7)38-32-35(57(49,50)51)18-20-39(38)46(41)22-12-10-11-16-42(47)48;/h13-15,17-20,30-32H,8-12,16,21-29H2,1-7H3,(H-,47,48,49,50,51);1H4. The zero-order chi connectivity index (χ0) is 41.6. The third kappa shape index (κ3) is 13.1. The molecule has 1 aromatic carbocycles. The van der Waals surface area contributed by atoms with E-state index in [0.29, 0.717) is 89.8 Å². The minimum atomic E-state index is -4.72. The van der Waals surface area contributed by atoms with Crippen LogP contribution in [0.15, 0.2) is 69.6 Å². The van der Waals surface area contributed by atoms with Gasteiger partial charge in [-0.15, -0.1) is 0 Å². The maximum atomic E-state index is 12.3. The molecular formula is C45H66N2O10S. The molecule has 0 fully saturated rings. The van der Waals surface area contributed by atoms with Crippen molar-refractivity contribution < 1.29 is 46.2 Å². The topological polar surface area (TPSA) is 151 Å². The largest absolute Gasteiger partial charge is 0.744 e. The van der Waals surface area contributed by atoms with E-state index in [9.17, 15) is 22.9 Å². The number of rotatable bonds is 23. The van der Waals surface area contributed by atoms with Crippen molar-refractivity contribution in [1.82, 2.24) is 4.58 Å². The molecule has 12 nitrogen and oxygen atoms in total. The number of carboxylic acids is 1. The zero-order valence-corrected chi connectivity index (χ0v) is 35.6. The Kier molecular flexibility index (Phi) is 18.8. The number of aliphatic carboxylic acids is 1. The van der Waals surface area contributed by atoms with Crippen molar-refractivity contribution in [2.45, 2.75) is 96.8 Å². The van der Waals surface area contributed by atoms with E-state index in [-0.39, 0.29) is 24.2 Å². The summed E-state index contributed by atoms with van der Waals surface area (Å²) in [5.41, 5.74) is 3.74. The highest BCUT2D eigenvalue weighted by Gasteiger charge is 2.43. The van der Waals surface area contributed by atoms with Crippen LogP contribution < -0.4 is 14.8 Å². The number of anilines is 1. The SMILES string of the molecule is C.CC[N+](CC)=c1ccc2c(C(C)(C)C)cc(/C=C/C=C3/N(CCCCCC(=O)O)c4ccc(S(=O)(=O)[O-])cc4C3(C)CCOCCOCCOCCOC)oc-2c1. The van der Waals surface area contributed by atoms with E-state index < -0.39 is 21.5 Å². The lowest BCUT2D eigenvalue weighted by Gasteiger charge is -2.30. The average Bonchev–Trinajstić information content (AvgIpc) is 3.38. The minimum absolute atomic E-state index is 0. The Morgan fingerprint density at radius 2 is 1.59 bits per heavy atom. The molecule has 322 valence electrons. The lowest BCUT2D eigenvalue weighted by Crippen LogP contribution is -2.30. The van der Waals surface area contributed by atoms with Gasteiger partial charge >= 0.3 is 5.97 Å². The number of unbranched alkanes of at least 4 members (excludes halogenated alkanes) is 2. The van der Waals surface area contributed by atoms with Crippen molar-refractivity contribution in [3.05, 3.63) is 82.6 Å². The first-order valence-corrected chi connectivity index (χ1v) is 21.4. The number of carbonyl (C=O) groups is 1. The van der Waals surface area contributed by atoms with E-state index in [0.717, 1.165) is 46.7 Å². The maximum Gasteiger partial charge on any atom is 0.303 e. The second kappa shape index (κ2) is 22.5. The van der Waals surface area contributed by atoms with Gasteiger partial charge < -0.3 is 37.9 Å².